The monoisotopic (exact) mass is 153 g/mol. The van der Waals surface area contributed by atoms with Crippen molar-refractivity contribution in [2.24, 2.45) is 0 Å². The third-order valence-corrected chi connectivity index (χ3v) is 1.63. The Hall–Kier alpha value is -0.810. The van der Waals surface area contributed by atoms with Crippen LogP contribution in [0.3, 0.4) is 0 Å². The predicted molar refractivity (Wildman–Crippen MR) is 44.9 cm³/mol. The van der Waals surface area contributed by atoms with Gasteiger partial charge >= 0.3 is 0 Å². The van der Waals surface area contributed by atoms with Crippen molar-refractivity contribution < 1.29 is 5.11 Å². The van der Waals surface area contributed by atoms with Gasteiger partial charge in [0, 0.05) is 0 Å². The number of aliphatic hydroxyl groups is 1. The van der Waals surface area contributed by atoms with E-state index in [2.05, 4.69) is 13.5 Å². The summed E-state index contributed by atoms with van der Waals surface area (Å²) in [4.78, 5) is 0. The van der Waals surface area contributed by atoms with Crippen LogP contribution in [0.4, 0.5) is 0 Å². The highest BCUT2D eigenvalue weighted by Gasteiger charge is 2.06. The molecule has 0 aromatic heterocycles. The number of hydrogen-bond acceptors (Lipinski definition) is 2. The molecule has 0 aliphatic rings. The van der Waals surface area contributed by atoms with Crippen LogP contribution in [-0.4, -0.2) is 11.2 Å². The van der Waals surface area contributed by atoms with Crippen molar-refractivity contribution in [2.45, 2.75) is 38.7 Å². The Bertz CT molecular complexity index is 157. The third-order valence-electron chi connectivity index (χ3n) is 1.63. The fourth-order valence-corrected chi connectivity index (χ4v) is 0.836. The molecule has 0 aromatic carbocycles. The molecule has 0 amide bonds. The topological polar surface area (TPSA) is 44.0 Å². The maximum Gasteiger partial charge on any atom is 0.0968 e. The van der Waals surface area contributed by atoms with E-state index in [1.165, 1.54) is 0 Å². The van der Waals surface area contributed by atoms with E-state index in [1.54, 1.807) is 0 Å². The maximum absolute atomic E-state index is 9.22. The van der Waals surface area contributed by atoms with Gasteiger partial charge in [0.1, 0.15) is 0 Å². The predicted octanol–water partition coefficient (Wildman–Crippen LogP) is 2.01. The average molecular weight is 153 g/mol. The molecule has 0 saturated heterocycles. The van der Waals surface area contributed by atoms with E-state index in [4.69, 9.17) is 5.26 Å². The molecule has 0 spiro atoms. The third kappa shape index (κ3) is 4.58. The van der Waals surface area contributed by atoms with Gasteiger partial charge in [-0.15, -0.1) is 0 Å². The van der Waals surface area contributed by atoms with Gasteiger partial charge in [0.05, 0.1) is 17.7 Å². The van der Waals surface area contributed by atoms with Crippen molar-refractivity contribution in [2.75, 3.05) is 0 Å². The van der Waals surface area contributed by atoms with E-state index in [1.807, 2.05) is 6.07 Å². The Morgan fingerprint density at radius 3 is 2.73 bits per heavy atom. The van der Waals surface area contributed by atoms with Gasteiger partial charge in [-0.3, -0.25) is 0 Å². The number of aliphatic hydroxyl groups excluding tert-OH is 1. The molecular formula is C9H15NO. The van der Waals surface area contributed by atoms with E-state index in [9.17, 15) is 5.11 Å². The van der Waals surface area contributed by atoms with Crippen LogP contribution in [0.1, 0.15) is 32.6 Å². The van der Waals surface area contributed by atoms with Crippen LogP contribution in [0, 0.1) is 11.3 Å². The Morgan fingerprint density at radius 2 is 2.27 bits per heavy atom. The van der Waals surface area contributed by atoms with Crippen LogP contribution in [0.15, 0.2) is 12.2 Å². The zero-order valence-electron chi connectivity index (χ0n) is 7.01. The second-order valence-corrected chi connectivity index (χ2v) is 2.65. The van der Waals surface area contributed by atoms with Crippen molar-refractivity contribution in [1.29, 1.82) is 5.26 Å². The van der Waals surface area contributed by atoms with Crippen LogP contribution >= 0.6 is 0 Å². The highest BCUT2D eigenvalue weighted by atomic mass is 16.3. The van der Waals surface area contributed by atoms with Crippen LogP contribution in [0.5, 0.6) is 0 Å². The molecule has 1 N–H and O–H groups in total. The Labute approximate surface area is 68.2 Å². The van der Waals surface area contributed by atoms with Gasteiger partial charge < -0.3 is 5.11 Å². The standard InChI is InChI=1S/C9H15NO/c1-3-4-5-6-9(11)8(2)7-10/h9,11H,2-6H2,1H3. The van der Waals surface area contributed by atoms with E-state index < -0.39 is 6.10 Å². The molecule has 0 aromatic rings. The van der Waals surface area contributed by atoms with Gasteiger partial charge in [0.25, 0.3) is 0 Å². The average Bonchev–Trinajstić information content (AvgIpc) is 2.03. The highest BCUT2D eigenvalue weighted by molar-refractivity contribution is 5.20. The summed E-state index contributed by atoms with van der Waals surface area (Å²) >= 11 is 0. The fourth-order valence-electron chi connectivity index (χ4n) is 0.836. The molecule has 0 heterocycles. The summed E-state index contributed by atoms with van der Waals surface area (Å²) < 4.78 is 0. The number of unbranched alkanes of at least 4 members (excludes halogenated alkanes) is 2. The second kappa shape index (κ2) is 5.94. The van der Waals surface area contributed by atoms with Gasteiger partial charge in [-0.1, -0.05) is 32.8 Å². The summed E-state index contributed by atoms with van der Waals surface area (Å²) in [5, 5.41) is 17.6. The lowest BCUT2D eigenvalue weighted by atomic mass is 10.1. The summed E-state index contributed by atoms with van der Waals surface area (Å²) in [5.41, 5.74) is 0.279. The number of nitriles is 1. The first-order valence-corrected chi connectivity index (χ1v) is 3.99. The van der Waals surface area contributed by atoms with E-state index in [0.29, 0.717) is 6.42 Å². The summed E-state index contributed by atoms with van der Waals surface area (Å²) in [6.07, 6.45) is 3.26. The largest absolute Gasteiger partial charge is 0.388 e. The maximum atomic E-state index is 9.22. The molecule has 0 fully saturated rings. The fraction of sp³-hybridized carbons (Fsp3) is 0.667. The minimum atomic E-state index is -0.619. The molecule has 1 unspecified atom stereocenters. The van der Waals surface area contributed by atoms with Crippen molar-refractivity contribution in [1.82, 2.24) is 0 Å². The minimum absolute atomic E-state index is 0.279. The molecular weight excluding hydrogens is 138 g/mol. The lowest BCUT2D eigenvalue weighted by Crippen LogP contribution is -2.07. The van der Waals surface area contributed by atoms with Gasteiger partial charge in [0.15, 0.2) is 0 Å². The Morgan fingerprint density at radius 1 is 1.64 bits per heavy atom. The van der Waals surface area contributed by atoms with E-state index in [-0.39, 0.29) is 5.57 Å². The van der Waals surface area contributed by atoms with Gasteiger partial charge in [-0.2, -0.15) is 5.26 Å². The molecule has 0 aliphatic carbocycles. The van der Waals surface area contributed by atoms with E-state index >= 15 is 0 Å². The number of rotatable bonds is 5. The smallest absolute Gasteiger partial charge is 0.0968 e. The molecule has 11 heavy (non-hydrogen) atoms. The molecule has 2 nitrogen and oxygen atoms in total. The van der Waals surface area contributed by atoms with E-state index in [0.717, 1.165) is 19.3 Å². The van der Waals surface area contributed by atoms with Crippen molar-refractivity contribution in [3.63, 3.8) is 0 Å². The first-order valence-electron chi connectivity index (χ1n) is 3.99. The molecule has 0 bridgehead atoms. The molecule has 1 atom stereocenters. The van der Waals surface area contributed by atoms with Gasteiger partial charge in [-0.25, -0.2) is 0 Å². The molecule has 0 saturated carbocycles. The number of hydrogen-bond donors (Lipinski definition) is 1. The van der Waals surface area contributed by atoms with Crippen molar-refractivity contribution >= 4 is 0 Å². The van der Waals surface area contributed by atoms with Crippen LogP contribution in [-0.2, 0) is 0 Å². The molecule has 0 aliphatic heterocycles. The lowest BCUT2D eigenvalue weighted by Gasteiger charge is -2.06. The SMILES string of the molecule is C=C(C#N)C(O)CCCCC. The number of nitrogens with zero attached hydrogens (tertiary/aromatic N) is 1. The van der Waals surface area contributed by atoms with Crippen LogP contribution < -0.4 is 0 Å². The zero-order chi connectivity index (χ0) is 8.69. The van der Waals surface area contributed by atoms with Crippen LogP contribution in [0.2, 0.25) is 0 Å². The summed E-state index contributed by atoms with van der Waals surface area (Å²) in [6, 6.07) is 1.85. The zero-order valence-corrected chi connectivity index (χ0v) is 7.01. The molecule has 2 heteroatoms. The molecule has 62 valence electrons. The quantitative estimate of drug-likeness (QED) is 0.485. The first kappa shape index (κ1) is 10.2. The Balaban J connectivity index is 3.46. The van der Waals surface area contributed by atoms with Gasteiger partial charge in [-0.05, 0) is 6.42 Å². The molecule has 0 rings (SSSR count). The molecule has 0 radical (unpaired) electrons. The summed E-state index contributed by atoms with van der Waals surface area (Å²) in [5.74, 6) is 0. The first-order chi connectivity index (χ1) is 5.22. The minimum Gasteiger partial charge on any atom is -0.388 e. The highest BCUT2D eigenvalue weighted by Crippen LogP contribution is 2.08. The van der Waals surface area contributed by atoms with Crippen LogP contribution in [0.25, 0.3) is 0 Å². The van der Waals surface area contributed by atoms with Crippen molar-refractivity contribution in [3.05, 3.63) is 12.2 Å². The summed E-state index contributed by atoms with van der Waals surface area (Å²) in [7, 11) is 0. The Kier molecular flexibility index (Phi) is 5.50. The second-order valence-electron chi connectivity index (χ2n) is 2.65. The van der Waals surface area contributed by atoms with Crippen molar-refractivity contribution in [3.8, 4) is 6.07 Å². The lowest BCUT2D eigenvalue weighted by molar-refractivity contribution is 0.201. The normalized spacial score (nSPS) is 12.1. The summed E-state index contributed by atoms with van der Waals surface area (Å²) in [6.45, 7) is 5.54. The van der Waals surface area contributed by atoms with Gasteiger partial charge in [0.2, 0.25) is 0 Å².